The molecule has 2 fully saturated rings. The normalized spacial score (nSPS) is 23.2. The molecule has 26 heavy (non-hydrogen) atoms. The number of nitrogens with zero attached hydrogens (tertiary/aromatic N) is 1. The zero-order valence-corrected chi connectivity index (χ0v) is 16.1. The second-order valence-electron chi connectivity index (χ2n) is 7.71. The molecule has 2 aliphatic rings. The van der Waals surface area contributed by atoms with Crippen molar-refractivity contribution in [2.24, 2.45) is 5.92 Å². The van der Waals surface area contributed by atoms with Crippen molar-refractivity contribution < 1.29 is 18.0 Å². The molecule has 1 aliphatic carbocycles. The quantitative estimate of drug-likeness (QED) is 0.777. The van der Waals surface area contributed by atoms with Gasteiger partial charge in [0.05, 0.1) is 5.75 Å². The average molecular weight is 379 g/mol. The molecule has 0 spiro atoms. The van der Waals surface area contributed by atoms with Crippen molar-refractivity contribution in [3.63, 3.8) is 0 Å². The summed E-state index contributed by atoms with van der Waals surface area (Å²) in [6.45, 7) is 5.54. The minimum Gasteiger partial charge on any atom is -0.352 e. The second kappa shape index (κ2) is 6.98. The van der Waals surface area contributed by atoms with E-state index >= 15 is 0 Å². The van der Waals surface area contributed by atoms with E-state index in [0.29, 0.717) is 12.0 Å². The molecule has 1 saturated heterocycles. The third kappa shape index (κ3) is 4.06. The van der Waals surface area contributed by atoms with Crippen LogP contribution in [0.25, 0.3) is 0 Å². The number of amides is 2. The van der Waals surface area contributed by atoms with E-state index in [1.165, 1.54) is 0 Å². The van der Waals surface area contributed by atoms with Crippen molar-refractivity contribution in [1.82, 2.24) is 15.6 Å². The number of sulfone groups is 1. The number of aromatic nitrogens is 1. The van der Waals surface area contributed by atoms with Crippen molar-refractivity contribution in [3.05, 3.63) is 23.4 Å². The lowest BCUT2D eigenvalue weighted by Crippen LogP contribution is -2.40. The van der Waals surface area contributed by atoms with E-state index < -0.39 is 21.8 Å². The summed E-state index contributed by atoms with van der Waals surface area (Å²) in [4.78, 5) is 28.5. The fraction of sp³-hybridized carbons (Fsp3) is 0.611. The summed E-state index contributed by atoms with van der Waals surface area (Å²) in [5.41, 5.74) is 0.735. The Morgan fingerprint density at radius 2 is 2.04 bits per heavy atom. The molecule has 7 nitrogen and oxygen atoms in total. The summed E-state index contributed by atoms with van der Waals surface area (Å²) in [6, 6.07) is 2.63. The standard InChI is InChI=1S/C18H25N3O4S/c1-10(2)9-26(24,25)18-13(12-4-5-12)6-7-14(21-18)16(22)20-15-8-11(3)19-17(15)23/h6-7,10-12,15H,4-5,8-9H2,1-3H3,(H,19,23)(H,20,22)/t11?,15-/m0/s1. The van der Waals surface area contributed by atoms with E-state index in [-0.39, 0.29) is 40.3 Å². The van der Waals surface area contributed by atoms with Crippen LogP contribution in [0.2, 0.25) is 0 Å². The summed E-state index contributed by atoms with van der Waals surface area (Å²) in [5, 5.41) is 5.41. The van der Waals surface area contributed by atoms with Gasteiger partial charge in [-0.3, -0.25) is 9.59 Å². The van der Waals surface area contributed by atoms with Gasteiger partial charge in [-0.1, -0.05) is 19.9 Å². The Morgan fingerprint density at radius 3 is 2.58 bits per heavy atom. The molecular weight excluding hydrogens is 354 g/mol. The number of rotatable bonds is 6. The molecule has 8 heteroatoms. The van der Waals surface area contributed by atoms with Crippen LogP contribution in [-0.4, -0.2) is 43.1 Å². The van der Waals surface area contributed by atoms with Crippen LogP contribution in [0.3, 0.4) is 0 Å². The molecule has 1 saturated carbocycles. The van der Waals surface area contributed by atoms with Gasteiger partial charge in [-0.2, -0.15) is 0 Å². The van der Waals surface area contributed by atoms with E-state index in [9.17, 15) is 18.0 Å². The lowest BCUT2D eigenvalue weighted by atomic mass is 10.1. The Kier molecular flexibility index (Phi) is 5.05. The number of carbonyl (C=O) groups excluding carboxylic acids is 2. The molecule has 2 N–H and O–H groups in total. The highest BCUT2D eigenvalue weighted by molar-refractivity contribution is 7.91. The fourth-order valence-electron chi connectivity index (χ4n) is 3.27. The van der Waals surface area contributed by atoms with Gasteiger partial charge in [-0.05, 0) is 49.7 Å². The summed E-state index contributed by atoms with van der Waals surface area (Å²) in [5.74, 6) is -0.587. The number of hydrogen-bond donors (Lipinski definition) is 2. The van der Waals surface area contributed by atoms with Crippen LogP contribution in [0.4, 0.5) is 0 Å². The van der Waals surface area contributed by atoms with Gasteiger partial charge < -0.3 is 10.6 Å². The van der Waals surface area contributed by atoms with Crippen molar-refractivity contribution in [1.29, 1.82) is 0 Å². The highest BCUT2D eigenvalue weighted by atomic mass is 32.2. The van der Waals surface area contributed by atoms with Crippen LogP contribution in [-0.2, 0) is 14.6 Å². The van der Waals surface area contributed by atoms with Crippen LogP contribution < -0.4 is 10.6 Å². The lowest BCUT2D eigenvalue weighted by Gasteiger charge is -2.14. The maximum absolute atomic E-state index is 12.8. The van der Waals surface area contributed by atoms with E-state index in [4.69, 9.17) is 0 Å². The van der Waals surface area contributed by atoms with Crippen molar-refractivity contribution in [2.45, 2.75) is 63.1 Å². The largest absolute Gasteiger partial charge is 0.352 e. The highest BCUT2D eigenvalue weighted by Gasteiger charge is 2.34. The molecule has 2 atom stereocenters. The molecule has 142 valence electrons. The fourth-order valence-corrected chi connectivity index (χ4v) is 5.14. The third-order valence-corrected chi connectivity index (χ3v) is 6.61. The molecule has 1 aliphatic heterocycles. The first-order chi connectivity index (χ1) is 12.2. The minimum atomic E-state index is -3.57. The number of nitrogens with one attached hydrogen (secondary N) is 2. The van der Waals surface area contributed by atoms with Crippen LogP contribution in [0, 0.1) is 5.92 Å². The zero-order valence-electron chi connectivity index (χ0n) is 15.3. The molecule has 1 unspecified atom stereocenters. The first-order valence-corrected chi connectivity index (χ1v) is 10.7. The average Bonchev–Trinajstić information content (AvgIpc) is 3.32. The predicted molar refractivity (Wildman–Crippen MR) is 96.6 cm³/mol. The van der Waals surface area contributed by atoms with Gasteiger partial charge in [0.25, 0.3) is 5.91 Å². The molecule has 2 heterocycles. The predicted octanol–water partition coefficient (Wildman–Crippen LogP) is 1.40. The monoisotopic (exact) mass is 379 g/mol. The minimum absolute atomic E-state index is 0.0000164. The SMILES string of the molecule is CC(C)CS(=O)(=O)c1nc(C(=O)N[C@H]2CC(C)NC2=O)ccc1C1CC1. The Bertz CT molecular complexity index is 831. The first kappa shape index (κ1) is 18.8. The van der Waals surface area contributed by atoms with E-state index in [2.05, 4.69) is 15.6 Å². The van der Waals surface area contributed by atoms with Crippen molar-refractivity contribution >= 4 is 21.7 Å². The lowest BCUT2D eigenvalue weighted by molar-refractivity contribution is -0.120. The topological polar surface area (TPSA) is 105 Å². The van der Waals surface area contributed by atoms with Gasteiger partial charge in [0, 0.05) is 6.04 Å². The molecule has 3 rings (SSSR count). The summed E-state index contributed by atoms with van der Waals surface area (Å²) >= 11 is 0. The number of hydrogen-bond acceptors (Lipinski definition) is 5. The summed E-state index contributed by atoms with van der Waals surface area (Å²) < 4.78 is 25.5. The van der Waals surface area contributed by atoms with Crippen LogP contribution in [0.5, 0.6) is 0 Å². The molecule has 1 aromatic heterocycles. The van der Waals surface area contributed by atoms with Crippen molar-refractivity contribution in [2.75, 3.05) is 5.75 Å². The summed E-state index contributed by atoms with van der Waals surface area (Å²) in [6.07, 6.45) is 2.39. The van der Waals surface area contributed by atoms with Crippen molar-refractivity contribution in [3.8, 4) is 0 Å². The van der Waals surface area contributed by atoms with E-state index in [0.717, 1.165) is 12.8 Å². The summed E-state index contributed by atoms with van der Waals surface area (Å²) in [7, 11) is -3.57. The van der Waals surface area contributed by atoms with Gasteiger partial charge >= 0.3 is 0 Å². The maximum atomic E-state index is 12.8. The molecule has 0 aromatic carbocycles. The Morgan fingerprint density at radius 1 is 1.35 bits per heavy atom. The Hall–Kier alpha value is -1.96. The van der Waals surface area contributed by atoms with Gasteiger partial charge in [0.15, 0.2) is 14.9 Å². The number of pyridine rings is 1. The molecule has 2 amide bonds. The molecule has 0 radical (unpaired) electrons. The van der Waals surface area contributed by atoms with Crippen LogP contribution in [0.1, 0.15) is 62.0 Å². The first-order valence-electron chi connectivity index (χ1n) is 9.02. The Balaban J connectivity index is 1.88. The zero-order chi connectivity index (χ0) is 19.1. The van der Waals surface area contributed by atoms with Crippen LogP contribution >= 0.6 is 0 Å². The molecule has 1 aromatic rings. The third-order valence-electron chi connectivity index (χ3n) is 4.59. The second-order valence-corrected chi connectivity index (χ2v) is 9.66. The van der Waals surface area contributed by atoms with Gasteiger partial charge in [0.2, 0.25) is 5.91 Å². The van der Waals surface area contributed by atoms with Gasteiger partial charge in [-0.25, -0.2) is 13.4 Å². The number of carbonyl (C=O) groups is 2. The van der Waals surface area contributed by atoms with Crippen LogP contribution in [0.15, 0.2) is 17.2 Å². The van der Waals surface area contributed by atoms with E-state index in [1.807, 2.05) is 20.8 Å². The Labute approximate surface area is 153 Å². The maximum Gasteiger partial charge on any atom is 0.270 e. The molecular formula is C18H25N3O4S. The molecule has 0 bridgehead atoms. The van der Waals surface area contributed by atoms with Gasteiger partial charge in [0.1, 0.15) is 11.7 Å². The highest BCUT2D eigenvalue weighted by Crippen LogP contribution is 2.42. The van der Waals surface area contributed by atoms with Gasteiger partial charge in [-0.15, -0.1) is 0 Å². The smallest absolute Gasteiger partial charge is 0.270 e. The van der Waals surface area contributed by atoms with E-state index in [1.54, 1.807) is 12.1 Å².